The lowest BCUT2D eigenvalue weighted by Gasteiger charge is -2.30. The third-order valence-electron chi connectivity index (χ3n) is 4.84. The van der Waals surface area contributed by atoms with Gasteiger partial charge in [-0.15, -0.1) is 11.3 Å². The van der Waals surface area contributed by atoms with Gasteiger partial charge < -0.3 is 10.1 Å². The second-order valence-corrected chi connectivity index (χ2v) is 7.60. The number of thiophene rings is 1. The molecule has 5 heteroatoms. The number of carbonyl (C=O) groups excluding carboxylic acids is 1. The van der Waals surface area contributed by atoms with Crippen molar-refractivity contribution in [2.45, 2.75) is 38.6 Å². The number of carbonyl (C=O) groups is 1. The van der Waals surface area contributed by atoms with Gasteiger partial charge in [0.2, 0.25) is 0 Å². The minimum absolute atomic E-state index is 0.0644. The minimum Gasteiger partial charge on any atom is -0.493 e. The number of benzene rings is 1. The molecule has 1 fully saturated rings. The van der Waals surface area contributed by atoms with E-state index in [-0.39, 0.29) is 11.9 Å². The van der Waals surface area contributed by atoms with E-state index < -0.39 is 0 Å². The average molecular weight is 373 g/mol. The molecule has 0 spiro atoms. The maximum absolute atomic E-state index is 12.8. The Morgan fingerprint density at radius 1 is 1.15 bits per heavy atom. The lowest BCUT2D eigenvalue weighted by atomic mass is 10.1. The van der Waals surface area contributed by atoms with Crippen molar-refractivity contribution in [1.29, 1.82) is 0 Å². The number of nitrogens with zero attached hydrogens (tertiary/aromatic N) is 1. The Kier molecular flexibility index (Phi) is 7.09. The fraction of sp³-hybridized carbons (Fsp3) is 0.476. The van der Waals surface area contributed by atoms with Crippen LogP contribution in [0.5, 0.6) is 5.75 Å². The molecule has 3 rings (SSSR count). The van der Waals surface area contributed by atoms with Crippen LogP contribution in [-0.2, 0) is 0 Å². The van der Waals surface area contributed by atoms with Crippen LogP contribution in [0.4, 0.5) is 0 Å². The maximum Gasteiger partial charge on any atom is 0.255 e. The third kappa shape index (κ3) is 4.86. The molecule has 2 heterocycles. The molecule has 1 atom stereocenters. The molecule has 1 amide bonds. The monoisotopic (exact) mass is 372 g/mol. The summed E-state index contributed by atoms with van der Waals surface area (Å²) in [5, 5.41) is 5.27. The summed E-state index contributed by atoms with van der Waals surface area (Å²) in [7, 11) is 0. The van der Waals surface area contributed by atoms with Crippen molar-refractivity contribution >= 4 is 17.2 Å². The van der Waals surface area contributed by atoms with E-state index in [1.165, 1.54) is 30.6 Å². The lowest BCUT2D eigenvalue weighted by Crippen LogP contribution is -2.38. The molecule has 0 radical (unpaired) electrons. The number of hydrogen-bond acceptors (Lipinski definition) is 4. The first kappa shape index (κ1) is 18.9. The largest absolute Gasteiger partial charge is 0.493 e. The molecule has 1 saturated heterocycles. The highest BCUT2D eigenvalue weighted by Gasteiger charge is 2.23. The van der Waals surface area contributed by atoms with E-state index in [4.69, 9.17) is 4.74 Å². The first-order valence-corrected chi connectivity index (χ1v) is 10.4. The summed E-state index contributed by atoms with van der Waals surface area (Å²) in [6, 6.07) is 12.0. The predicted octanol–water partition coefficient (Wildman–Crippen LogP) is 4.49. The van der Waals surface area contributed by atoms with Crippen molar-refractivity contribution < 1.29 is 9.53 Å². The van der Waals surface area contributed by atoms with Gasteiger partial charge in [0.25, 0.3) is 5.91 Å². The quantitative estimate of drug-likeness (QED) is 0.778. The zero-order chi connectivity index (χ0) is 18.2. The summed E-state index contributed by atoms with van der Waals surface area (Å²) in [6.45, 7) is 5.32. The van der Waals surface area contributed by atoms with Crippen molar-refractivity contribution in [3.8, 4) is 5.75 Å². The van der Waals surface area contributed by atoms with Gasteiger partial charge >= 0.3 is 0 Å². The molecular formula is C21H28N2O2S. The first-order valence-electron chi connectivity index (χ1n) is 9.57. The van der Waals surface area contributed by atoms with E-state index in [0.29, 0.717) is 24.5 Å². The molecule has 1 aliphatic heterocycles. The molecule has 1 aromatic heterocycles. The second-order valence-electron chi connectivity index (χ2n) is 6.62. The van der Waals surface area contributed by atoms with Gasteiger partial charge in [-0.3, -0.25) is 9.69 Å². The van der Waals surface area contributed by atoms with Crippen LogP contribution in [0.1, 0.15) is 53.9 Å². The summed E-state index contributed by atoms with van der Waals surface area (Å²) in [4.78, 5) is 16.6. The maximum atomic E-state index is 12.8. The van der Waals surface area contributed by atoms with Crippen molar-refractivity contribution in [3.05, 3.63) is 52.2 Å². The van der Waals surface area contributed by atoms with E-state index >= 15 is 0 Å². The Hall–Kier alpha value is -1.85. The molecule has 0 aliphatic carbocycles. The number of hydrogen-bond donors (Lipinski definition) is 1. The van der Waals surface area contributed by atoms with Crippen LogP contribution in [0.25, 0.3) is 0 Å². The number of para-hydroxylation sites is 1. The zero-order valence-electron chi connectivity index (χ0n) is 15.4. The van der Waals surface area contributed by atoms with Gasteiger partial charge in [0, 0.05) is 11.4 Å². The normalized spacial score (nSPS) is 16.7. The SMILES string of the molecule is CCOc1ccccc1C(=O)NCC(c1cccs1)N1CCCCCC1. The summed E-state index contributed by atoms with van der Waals surface area (Å²) in [6.07, 6.45) is 5.09. The average Bonchev–Trinajstić information content (AvgIpc) is 3.05. The van der Waals surface area contributed by atoms with Gasteiger partial charge in [-0.25, -0.2) is 0 Å². The molecule has 1 unspecified atom stereocenters. The van der Waals surface area contributed by atoms with Crippen molar-refractivity contribution in [3.63, 3.8) is 0 Å². The fourth-order valence-corrected chi connectivity index (χ4v) is 4.38. The van der Waals surface area contributed by atoms with E-state index in [9.17, 15) is 4.79 Å². The molecule has 1 aromatic carbocycles. The van der Waals surface area contributed by atoms with Crippen LogP contribution >= 0.6 is 11.3 Å². The van der Waals surface area contributed by atoms with Crippen molar-refractivity contribution in [2.24, 2.45) is 0 Å². The van der Waals surface area contributed by atoms with Gasteiger partial charge in [-0.2, -0.15) is 0 Å². The summed E-state index contributed by atoms with van der Waals surface area (Å²) in [5.41, 5.74) is 0.607. The fourth-order valence-electron chi connectivity index (χ4n) is 3.52. The Balaban J connectivity index is 1.70. The summed E-state index contributed by atoms with van der Waals surface area (Å²) >= 11 is 1.77. The minimum atomic E-state index is -0.0644. The van der Waals surface area contributed by atoms with Gasteiger partial charge in [0.1, 0.15) is 5.75 Å². The molecule has 0 saturated carbocycles. The molecule has 0 bridgehead atoms. The number of likely N-dealkylation sites (tertiary alicyclic amines) is 1. The molecule has 2 aromatic rings. The van der Waals surface area contributed by atoms with Gasteiger partial charge in [-0.1, -0.05) is 31.0 Å². The lowest BCUT2D eigenvalue weighted by molar-refractivity contribution is 0.0930. The standard InChI is InChI=1S/C21H28N2O2S/c1-2-25-19-11-6-5-10-17(19)21(24)22-16-18(20-12-9-15-26-20)23-13-7-3-4-8-14-23/h5-6,9-12,15,18H,2-4,7-8,13-14,16H2,1H3,(H,22,24). The topological polar surface area (TPSA) is 41.6 Å². The van der Waals surface area contributed by atoms with Crippen LogP contribution in [0.3, 0.4) is 0 Å². The van der Waals surface area contributed by atoms with Crippen LogP contribution in [0.2, 0.25) is 0 Å². The van der Waals surface area contributed by atoms with E-state index in [2.05, 4.69) is 27.7 Å². The molecule has 4 nitrogen and oxygen atoms in total. The number of ether oxygens (including phenoxy) is 1. The van der Waals surface area contributed by atoms with Crippen LogP contribution < -0.4 is 10.1 Å². The molecule has 140 valence electrons. The molecule has 1 aliphatic rings. The Labute approximate surface area is 160 Å². The summed E-state index contributed by atoms with van der Waals surface area (Å²) < 4.78 is 5.60. The Morgan fingerprint density at radius 3 is 2.62 bits per heavy atom. The molecule has 1 N–H and O–H groups in total. The van der Waals surface area contributed by atoms with Gasteiger partial charge in [0.15, 0.2) is 0 Å². The third-order valence-corrected chi connectivity index (χ3v) is 5.81. The smallest absolute Gasteiger partial charge is 0.255 e. The van der Waals surface area contributed by atoms with Gasteiger partial charge in [0.05, 0.1) is 18.2 Å². The van der Waals surface area contributed by atoms with E-state index in [0.717, 1.165) is 13.1 Å². The number of amides is 1. The molecular weight excluding hydrogens is 344 g/mol. The van der Waals surface area contributed by atoms with Crippen LogP contribution in [0, 0.1) is 0 Å². The number of rotatable bonds is 7. The predicted molar refractivity (Wildman–Crippen MR) is 107 cm³/mol. The summed E-state index contributed by atoms with van der Waals surface area (Å²) in [5.74, 6) is 0.584. The Morgan fingerprint density at radius 2 is 1.92 bits per heavy atom. The van der Waals surface area contributed by atoms with E-state index in [1.807, 2.05) is 31.2 Å². The van der Waals surface area contributed by atoms with Crippen molar-refractivity contribution in [1.82, 2.24) is 10.2 Å². The Bertz CT molecular complexity index is 679. The highest BCUT2D eigenvalue weighted by atomic mass is 32.1. The highest BCUT2D eigenvalue weighted by molar-refractivity contribution is 7.10. The van der Waals surface area contributed by atoms with E-state index in [1.54, 1.807) is 11.3 Å². The molecule has 26 heavy (non-hydrogen) atoms. The van der Waals surface area contributed by atoms with Crippen molar-refractivity contribution in [2.75, 3.05) is 26.2 Å². The number of nitrogens with one attached hydrogen (secondary N) is 1. The first-order chi connectivity index (χ1) is 12.8. The van der Waals surface area contributed by atoms with Gasteiger partial charge in [-0.05, 0) is 56.4 Å². The highest BCUT2D eigenvalue weighted by Crippen LogP contribution is 2.27. The van der Waals surface area contributed by atoms with Crippen LogP contribution in [0.15, 0.2) is 41.8 Å². The zero-order valence-corrected chi connectivity index (χ0v) is 16.3. The van der Waals surface area contributed by atoms with Crippen LogP contribution in [-0.4, -0.2) is 37.0 Å². The second kappa shape index (κ2) is 9.74.